The average Bonchev–Trinajstić information content (AvgIpc) is 2.74. The van der Waals surface area contributed by atoms with Crippen LogP contribution in [0, 0.1) is 5.82 Å². The van der Waals surface area contributed by atoms with Gasteiger partial charge in [-0.15, -0.1) is 11.3 Å². The number of hydrogen-bond acceptors (Lipinski definition) is 2. The van der Waals surface area contributed by atoms with E-state index < -0.39 is 0 Å². The van der Waals surface area contributed by atoms with E-state index >= 15 is 0 Å². The number of para-hydroxylation sites is 1. The van der Waals surface area contributed by atoms with Crippen molar-refractivity contribution in [1.82, 2.24) is 0 Å². The van der Waals surface area contributed by atoms with Crippen LogP contribution in [0.4, 0.5) is 10.1 Å². The van der Waals surface area contributed by atoms with Crippen LogP contribution in [0.5, 0.6) is 0 Å². The minimum Gasteiger partial charge on any atom is -0.368 e. The van der Waals surface area contributed by atoms with Crippen LogP contribution >= 0.6 is 43.2 Å². The van der Waals surface area contributed by atoms with Crippen molar-refractivity contribution in [2.45, 2.75) is 11.9 Å². The Morgan fingerprint density at radius 1 is 1.39 bits per heavy atom. The minimum absolute atomic E-state index is 0.177. The summed E-state index contributed by atoms with van der Waals surface area (Å²) in [5.41, 5.74) is 2.81. The van der Waals surface area contributed by atoms with Gasteiger partial charge >= 0.3 is 0 Å². The largest absolute Gasteiger partial charge is 0.368 e. The molecule has 2 rings (SSSR count). The zero-order valence-corrected chi connectivity index (χ0v) is 13.8. The van der Waals surface area contributed by atoms with E-state index in [0.717, 1.165) is 9.35 Å². The summed E-state index contributed by atoms with van der Waals surface area (Å²) in [6, 6.07) is 7.25. The summed E-state index contributed by atoms with van der Waals surface area (Å²) < 4.78 is 15.0. The lowest BCUT2D eigenvalue weighted by molar-refractivity contribution is 0.621. The lowest BCUT2D eigenvalue weighted by atomic mass is 10.1. The van der Waals surface area contributed by atoms with Crippen LogP contribution in [0.3, 0.4) is 0 Å². The number of rotatable bonds is 4. The monoisotopic (exact) mass is 391 g/mol. The van der Waals surface area contributed by atoms with Crippen molar-refractivity contribution in [3.05, 3.63) is 50.4 Å². The van der Waals surface area contributed by atoms with E-state index in [9.17, 15) is 4.39 Å². The van der Waals surface area contributed by atoms with Crippen LogP contribution in [0.15, 0.2) is 33.4 Å². The molecule has 0 amide bonds. The van der Waals surface area contributed by atoms with Crippen molar-refractivity contribution in [1.29, 1.82) is 0 Å². The predicted molar refractivity (Wildman–Crippen MR) is 83.2 cm³/mol. The Kier molecular flexibility index (Phi) is 4.81. The smallest absolute Gasteiger partial charge is 0.146 e. The summed E-state index contributed by atoms with van der Waals surface area (Å²) in [6.45, 7) is 0.697. The van der Waals surface area contributed by atoms with Gasteiger partial charge in [-0.2, -0.15) is 0 Å². The Bertz CT molecular complexity index is 542. The van der Waals surface area contributed by atoms with Gasteiger partial charge in [0, 0.05) is 18.9 Å². The van der Waals surface area contributed by atoms with Gasteiger partial charge in [-0.25, -0.2) is 4.39 Å². The van der Waals surface area contributed by atoms with Gasteiger partial charge in [0.2, 0.25) is 0 Å². The lowest BCUT2D eigenvalue weighted by Gasteiger charge is -2.22. The summed E-state index contributed by atoms with van der Waals surface area (Å²) in [5.74, 6) is -0.177. The van der Waals surface area contributed by atoms with Gasteiger partial charge in [0.25, 0.3) is 0 Å². The average molecular weight is 393 g/mol. The topological polar surface area (TPSA) is 3.24 Å². The predicted octanol–water partition coefficient (Wildman–Crippen LogP) is 5.18. The molecule has 1 aromatic carbocycles. The molecule has 2 aromatic rings. The van der Waals surface area contributed by atoms with E-state index in [4.69, 9.17) is 0 Å². The fraction of sp³-hybridized carbons (Fsp3) is 0.231. The molecule has 0 bridgehead atoms. The van der Waals surface area contributed by atoms with Crippen molar-refractivity contribution >= 4 is 48.9 Å². The van der Waals surface area contributed by atoms with E-state index in [-0.39, 0.29) is 5.82 Å². The molecule has 5 heteroatoms. The molecule has 0 saturated carbocycles. The van der Waals surface area contributed by atoms with E-state index in [2.05, 4.69) is 43.3 Å². The van der Waals surface area contributed by atoms with Crippen LogP contribution in [0.2, 0.25) is 0 Å². The van der Waals surface area contributed by atoms with Gasteiger partial charge in [-0.3, -0.25) is 0 Å². The quantitative estimate of drug-likeness (QED) is 0.648. The Balaban J connectivity index is 2.25. The van der Waals surface area contributed by atoms with Gasteiger partial charge in [0.15, 0.2) is 0 Å². The van der Waals surface area contributed by atoms with Crippen molar-refractivity contribution < 1.29 is 4.39 Å². The maximum Gasteiger partial charge on any atom is 0.146 e. The van der Waals surface area contributed by atoms with E-state index in [1.165, 1.54) is 11.6 Å². The molecule has 0 N–H and O–H groups in total. The summed E-state index contributed by atoms with van der Waals surface area (Å²) in [6.07, 6.45) is 0. The fourth-order valence-corrected chi connectivity index (χ4v) is 3.53. The molecule has 0 saturated heterocycles. The summed E-state index contributed by atoms with van der Waals surface area (Å²) in [7, 11) is 1.91. The highest BCUT2D eigenvalue weighted by atomic mass is 79.9. The first kappa shape index (κ1) is 14.0. The molecule has 0 aliphatic heterocycles. The zero-order valence-electron chi connectivity index (χ0n) is 9.79. The third kappa shape index (κ3) is 3.13. The molecule has 18 heavy (non-hydrogen) atoms. The number of hydrogen-bond donors (Lipinski definition) is 0. The van der Waals surface area contributed by atoms with Gasteiger partial charge in [-0.05, 0) is 44.6 Å². The third-order valence-corrected chi connectivity index (χ3v) is 4.79. The van der Waals surface area contributed by atoms with Crippen LogP contribution in [0.25, 0.3) is 0 Å². The number of thiophene rings is 1. The molecule has 0 unspecified atom stereocenters. The molecule has 0 spiro atoms. The molecular formula is C13H12Br2FNS. The van der Waals surface area contributed by atoms with Crippen LogP contribution in [0.1, 0.15) is 11.1 Å². The Morgan fingerprint density at radius 2 is 2.17 bits per heavy atom. The Hall–Kier alpha value is -0.390. The maximum atomic E-state index is 13.9. The van der Waals surface area contributed by atoms with Crippen LogP contribution < -0.4 is 4.90 Å². The lowest BCUT2D eigenvalue weighted by Crippen LogP contribution is -2.18. The van der Waals surface area contributed by atoms with Gasteiger partial charge in [-0.1, -0.05) is 28.1 Å². The molecule has 1 heterocycles. The van der Waals surface area contributed by atoms with E-state index in [0.29, 0.717) is 17.6 Å². The second kappa shape index (κ2) is 6.17. The Labute approximate surface area is 127 Å². The molecule has 0 aliphatic carbocycles. The highest BCUT2D eigenvalue weighted by Gasteiger charge is 2.13. The fourth-order valence-electron chi connectivity index (χ4n) is 1.88. The highest BCUT2D eigenvalue weighted by molar-refractivity contribution is 9.11. The number of benzene rings is 1. The third-order valence-electron chi connectivity index (χ3n) is 2.64. The van der Waals surface area contributed by atoms with Crippen molar-refractivity contribution in [3.63, 3.8) is 0 Å². The molecule has 1 nitrogen and oxygen atoms in total. The van der Waals surface area contributed by atoms with Gasteiger partial charge < -0.3 is 4.90 Å². The van der Waals surface area contributed by atoms with Crippen LogP contribution in [-0.2, 0) is 11.9 Å². The molecule has 1 aromatic heterocycles. The van der Waals surface area contributed by atoms with Crippen LogP contribution in [-0.4, -0.2) is 7.05 Å². The first-order chi connectivity index (χ1) is 8.61. The molecule has 0 aliphatic rings. The highest BCUT2D eigenvalue weighted by Crippen LogP contribution is 2.28. The number of halogens is 3. The SMILES string of the molecule is CN(Cc1csc(Br)c1)c1c(F)cccc1CBr. The van der Waals surface area contributed by atoms with Gasteiger partial charge in [0.1, 0.15) is 5.82 Å². The molecule has 0 atom stereocenters. The van der Waals surface area contributed by atoms with Crippen molar-refractivity contribution in [3.8, 4) is 0 Å². The first-order valence-electron chi connectivity index (χ1n) is 5.39. The minimum atomic E-state index is -0.177. The maximum absolute atomic E-state index is 13.9. The van der Waals surface area contributed by atoms with E-state index in [1.807, 2.05) is 18.0 Å². The second-order valence-electron chi connectivity index (χ2n) is 4.00. The summed E-state index contributed by atoms with van der Waals surface area (Å²) >= 11 is 8.48. The van der Waals surface area contributed by atoms with Crippen molar-refractivity contribution in [2.24, 2.45) is 0 Å². The first-order valence-corrected chi connectivity index (χ1v) is 8.18. The summed E-state index contributed by atoms with van der Waals surface area (Å²) in [4.78, 5) is 1.94. The molecule has 0 fully saturated rings. The molecular weight excluding hydrogens is 381 g/mol. The molecule has 0 radical (unpaired) electrons. The standard InChI is InChI=1S/C13H12Br2FNS/c1-17(7-9-5-12(15)18-8-9)13-10(6-14)3-2-4-11(13)16/h2-5,8H,6-7H2,1H3. The van der Waals surface area contributed by atoms with E-state index in [1.54, 1.807) is 17.4 Å². The van der Waals surface area contributed by atoms with Crippen molar-refractivity contribution in [2.75, 3.05) is 11.9 Å². The molecule has 96 valence electrons. The Morgan fingerprint density at radius 3 is 2.78 bits per heavy atom. The second-order valence-corrected chi connectivity index (χ2v) is 6.85. The number of nitrogens with zero attached hydrogens (tertiary/aromatic N) is 1. The number of alkyl halides is 1. The number of anilines is 1. The normalized spacial score (nSPS) is 10.7. The zero-order chi connectivity index (χ0) is 13.1. The summed E-state index contributed by atoms with van der Waals surface area (Å²) in [5, 5.41) is 2.73. The van der Waals surface area contributed by atoms with Gasteiger partial charge in [0.05, 0.1) is 9.47 Å².